The molecule has 0 radical (unpaired) electrons. The van der Waals surface area contributed by atoms with Crippen LogP contribution in [0.3, 0.4) is 0 Å². The van der Waals surface area contributed by atoms with Gasteiger partial charge in [0.25, 0.3) is 0 Å². The average molecular weight is 347 g/mol. The molecule has 1 heterocycles. The zero-order valence-corrected chi connectivity index (χ0v) is 13.7. The van der Waals surface area contributed by atoms with Gasteiger partial charge in [-0.2, -0.15) is 0 Å². The Labute approximate surface area is 125 Å². The molecule has 0 atom stereocenters. The van der Waals surface area contributed by atoms with Gasteiger partial charge in [0.05, 0.1) is 0 Å². The molecule has 0 saturated heterocycles. The first-order chi connectivity index (χ1) is 9.32. The second kappa shape index (κ2) is 5.61. The van der Waals surface area contributed by atoms with Crippen LogP contribution in [0.4, 0.5) is 0 Å². The maximum atomic E-state index is 3.55. The molecule has 3 rings (SSSR count). The van der Waals surface area contributed by atoms with Gasteiger partial charge < -0.3 is 0 Å². The molecule has 0 amide bonds. The molecule has 1 aromatic heterocycles. The summed E-state index contributed by atoms with van der Waals surface area (Å²) in [5, 5.41) is 4.94. The SMILES string of the molecule is [Se]=P(c1ccccc1)(c1ccccc1)c1cccs1. The second-order valence-corrected chi connectivity index (χ2v) is 11.7. The van der Waals surface area contributed by atoms with Crippen molar-refractivity contribution in [2.24, 2.45) is 0 Å². The standard InChI is InChI=1S/C16H13PSSe/c19-17(16-12-7-13-18-16,14-8-3-1-4-9-14)15-10-5-2-6-11-15/h1-13H. The Morgan fingerprint density at radius 3 is 1.63 bits per heavy atom. The van der Waals surface area contributed by atoms with Gasteiger partial charge in [0.2, 0.25) is 0 Å². The van der Waals surface area contributed by atoms with E-state index in [1.807, 2.05) is 11.3 Å². The molecular weight excluding hydrogens is 334 g/mol. The molecular formula is C16H13PSSe. The van der Waals surface area contributed by atoms with Gasteiger partial charge in [-0.1, -0.05) is 0 Å². The fourth-order valence-corrected chi connectivity index (χ4v) is 9.01. The number of hydrogen-bond donors (Lipinski definition) is 0. The molecule has 2 aromatic carbocycles. The summed E-state index contributed by atoms with van der Waals surface area (Å²) < 4.78 is 1.44. The first kappa shape index (κ1) is 13.1. The third-order valence-electron chi connectivity index (χ3n) is 3.06. The van der Waals surface area contributed by atoms with Crippen LogP contribution in [0.15, 0.2) is 78.2 Å². The summed E-state index contributed by atoms with van der Waals surface area (Å²) in [6.07, 6.45) is 0. The zero-order chi connectivity index (χ0) is 13.1. The minimum atomic E-state index is -1.59. The first-order valence-electron chi connectivity index (χ1n) is 6.07. The monoisotopic (exact) mass is 348 g/mol. The van der Waals surface area contributed by atoms with E-state index in [0.717, 1.165) is 0 Å². The van der Waals surface area contributed by atoms with Crippen molar-refractivity contribution in [3.8, 4) is 0 Å². The number of hydrogen-bond acceptors (Lipinski definition) is 1. The van der Waals surface area contributed by atoms with Gasteiger partial charge in [0.15, 0.2) is 0 Å². The second-order valence-electron chi connectivity index (χ2n) is 4.23. The third kappa shape index (κ3) is 2.42. The van der Waals surface area contributed by atoms with E-state index in [4.69, 9.17) is 0 Å². The Kier molecular flexibility index (Phi) is 3.86. The van der Waals surface area contributed by atoms with Crippen LogP contribution < -0.4 is 15.2 Å². The minimum absolute atomic E-state index is 1.39. The molecule has 0 aliphatic carbocycles. The van der Waals surface area contributed by atoms with Crippen LogP contribution in [0.2, 0.25) is 0 Å². The van der Waals surface area contributed by atoms with Crippen molar-refractivity contribution in [2.45, 2.75) is 0 Å². The van der Waals surface area contributed by atoms with Crippen LogP contribution in [0.1, 0.15) is 0 Å². The van der Waals surface area contributed by atoms with Crippen LogP contribution in [-0.4, -0.2) is 15.1 Å². The normalized spacial score (nSPS) is 11.4. The molecule has 0 aliphatic rings. The fourth-order valence-electron chi connectivity index (χ4n) is 2.13. The van der Waals surface area contributed by atoms with E-state index in [9.17, 15) is 0 Å². The molecule has 0 nitrogen and oxygen atoms in total. The molecule has 19 heavy (non-hydrogen) atoms. The third-order valence-corrected chi connectivity index (χ3v) is 12.4. The van der Waals surface area contributed by atoms with E-state index in [1.165, 1.54) is 15.2 Å². The number of rotatable bonds is 3. The maximum absolute atomic E-state index is 3.55. The van der Waals surface area contributed by atoms with Gasteiger partial charge in [-0.25, -0.2) is 0 Å². The van der Waals surface area contributed by atoms with Crippen molar-refractivity contribution in [1.29, 1.82) is 0 Å². The summed E-state index contributed by atoms with van der Waals surface area (Å²) >= 11 is 5.38. The predicted molar refractivity (Wildman–Crippen MR) is 88.8 cm³/mol. The van der Waals surface area contributed by atoms with Crippen LogP contribution in [0, 0.1) is 0 Å². The Bertz CT molecular complexity index is 647. The Morgan fingerprint density at radius 2 is 1.21 bits per heavy atom. The molecule has 94 valence electrons. The van der Waals surface area contributed by atoms with Gasteiger partial charge in [-0.05, 0) is 0 Å². The van der Waals surface area contributed by atoms with Gasteiger partial charge in [0.1, 0.15) is 0 Å². The molecule has 3 aromatic rings. The summed E-state index contributed by atoms with van der Waals surface area (Å²) in [5.41, 5.74) is -1.59. The van der Waals surface area contributed by atoms with E-state index in [0.29, 0.717) is 0 Å². The molecule has 0 N–H and O–H groups in total. The van der Waals surface area contributed by atoms with Crippen LogP contribution in [-0.2, 0) is 0 Å². The summed E-state index contributed by atoms with van der Waals surface area (Å²) in [6, 6.07) is 26.0. The van der Waals surface area contributed by atoms with Crippen molar-refractivity contribution in [2.75, 3.05) is 0 Å². The summed E-state index contributed by atoms with van der Waals surface area (Å²) in [5.74, 6) is 0. The van der Waals surface area contributed by atoms with Crippen molar-refractivity contribution >= 4 is 47.2 Å². The van der Waals surface area contributed by atoms with Crippen LogP contribution in [0.25, 0.3) is 0 Å². The number of thiophene rings is 1. The van der Waals surface area contributed by atoms with Gasteiger partial charge in [-0.15, -0.1) is 0 Å². The van der Waals surface area contributed by atoms with E-state index in [1.54, 1.807) is 0 Å². The molecule has 0 aliphatic heterocycles. The van der Waals surface area contributed by atoms with E-state index < -0.39 is 5.51 Å². The molecule has 0 fully saturated rings. The summed E-state index contributed by atoms with van der Waals surface area (Å²) in [6.45, 7) is 0. The Balaban J connectivity index is 2.26. The summed E-state index contributed by atoms with van der Waals surface area (Å²) in [7, 11) is 0. The van der Waals surface area contributed by atoms with Crippen LogP contribution >= 0.6 is 16.8 Å². The molecule has 0 saturated carbocycles. The van der Waals surface area contributed by atoms with Gasteiger partial charge in [-0.3, -0.25) is 0 Å². The van der Waals surface area contributed by atoms with Gasteiger partial charge >= 0.3 is 125 Å². The van der Waals surface area contributed by atoms with E-state index in [2.05, 4.69) is 93.3 Å². The first-order valence-corrected chi connectivity index (χ1v) is 11.0. The molecule has 0 bridgehead atoms. The number of benzene rings is 2. The van der Waals surface area contributed by atoms with Gasteiger partial charge in [0, 0.05) is 0 Å². The van der Waals surface area contributed by atoms with Crippen LogP contribution in [0.5, 0.6) is 0 Å². The summed E-state index contributed by atoms with van der Waals surface area (Å²) in [4.78, 5) is 0. The Morgan fingerprint density at radius 1 is 0.684 bits per heavy atom. The molecule has 0 unspecified atom stereocenters. The van der Waals surface area contributed by atoms with Crippen molar-refractivity contribution in [1.82, 2.24) is 0 Å². The topological polar surface area (TPSA) is 0 Å². The molecule has 3 heteroatoms. The van der Waals surface area contributed by atoms with E-state index >= 15 is 0 Å². The zero-order valence-electron chi connectivity index (χ0n) is 10.3. The predicted octanol–water partition coefficient (Wildman–Crippen LogP) is 3.13. The average Bonchev–Trinajstić information content (AvgIpc) is 3.03. The quantitative estimate of drug-likeness (QED) is 0.505. The Hall–Kier alpha value is -0.911. The van der Waals surface area contributed by atoms with Crippen molar-refractivity contribution in [3.05, 3.63) is 78.2 Å². The fraction of sp³-hybridized carbons (Fsp3) is 0. The van der Waals surface area contributed by atoms with Crippen molar-refractivity contribution < 1.29 is 0 Å². The molecule has 0 spiro atoms. The van der Waals surface area contributed by atoms with Crippen molar-refractivity contribution in [3.63, 3.8) is 0 Å². The van der Waals surface area contributed by atoms with E-state index in [-0.39, 0.29) is 0 Å².